The highest BCUT2D eigenvalue weighted by Gasteiger charge is 2.54. The van der Waals surface area contributed by atoms with Crippen LogP contribution in [-0.2, 0) is 4.74 Å². The van der Waals surface area contributed by atoms with Crippen molar-refractivity contribution in [1.82, 2.24) is 20.0 Å². The van der Waals surface area contributed by atoms with E-state index in [4.69, 9.17) is 21.1 Å². The largest absolute Gasteiger partial charge is 0.467 e. The Bertz CT molecular complexity index is 972. The lowest BCUT2D eigenvalue weighted by molar-refractivity contribution is -0.0319. The summed E-state index contributed by atoms with van der Waals surface area (Å²) in [4.78, 5) is 8.26. The quantitative estimate of drug-likeness (QED) is 0.479. The monoisotopic (exact) mass is 477 g/mol. The third-order valence-corrected chi connectivity index (χ3v) is 7.14. The number of halogens is 2. The average Bonchev–Trinajstić information content (AvgIpc) is 2.79. The zero-order valence-corrected chi connectivity index (χ0v) is 20.2. The highest BCUT2D eigenvalue weighted by Crippen LogP contribution is 2.45. The first kappa shape index (κ1) is 24.1. The minimum atomic E-state index is -1.12. The van der Waals surface area contributed by atoms with E-state index in [-0.39, 0.29) is 24.4 Å². The van der Waals surface area contributed by atoms with Crippen molar-refractivity contribution in [2.24, 2.45) is 0 Å². The van der Waals surface area contributed by atoms with Crippen molar-refractivity contribution in [3.63, 3.8) is 0 Å². The Balaban J connectivity index is 1.57. The Morgan fingerprint density at radius 1 is 1.39 bits per heavy atom. The van der Waals surface area contributed by atoms with Gasteiger partial charge in [0.2, 0.25) is 0 Å². The molecule has 1 aromatic carbocycles. The number of piperidine rings is 2. The molecule has 2 saturated heterocycles. The molecule has 1 aromatic heterocycles. The molecule has 11 heteroatoms. The van der Waals surface area contributed by atoms with Crippen molar-refractivity contribution in [2.75, 3.05) is 25.9 Å². The van der Waals surface area contributed by atoms with Crippen LogP contribution in [0, 0.1) is 0 Å². The lowest BCUT2D eigenvalue weighted by Gasteiger charge is -2.58. The molecule has 2 aliphatic rings. The van der Waals surface area contributed by atoms with Crippen LogP contribution in [0.25, 0.3) is 11.4 Å². The van der Waals surface area contributed by atoms with Crippen LogP contribution >= 0.6 is 11.6 Å². The topological polar surface area (TPSA) is 83.8 Å². The molecule has 0 amide bonds. The number of hydrogen-bond donors (Lipinski definition) is 1. The molecule has 0 radical (unpaired) electrons. The summed E-state index contributed by atoms with van der Waals surface area (Å²) < 4.78 is 26.3. The molecule has 2 aliphatic heterocycles. The fourth-order valence-corrected chi connectivity index (χ4v) is 5.59. The van der Waals surface area contributed by atoms with E-state index in [1.165, 1.54) is 7.11 Å². The molecule has 4 rings (SSSR count). The minimum Gasteiger partial charge on any atom is -0.467 e. The summed E-state index contributed by atoms with van der Waals surface area (Å²) in [5.74, 6) is 1.36. The molecule has 0 aliphatic carbocycles. The maximum atomic E-state index is 15.7. The maximum absolute atomic E-state index is 15.7. The van der Waals surface area contributed by atoms with Gasteiger partial charge in [0.1, 0.15) is 11.9 Å². The van der Waals surface area contributed by atoms with Gasteiger partial charge in [-0.25, -0.2) is 9.37 Å². The van der Waals surface area contributed by atoms with Crippen molar-refractivity contribution in [2.45, 2.75) is 63.2 Å². The normalized spacial score (nSPS) is 27.3. The maximum Gasteiger partial charge on any atom is 0.377 e. The second-order valence-corrected chi connectivity index (χ2v) is 9.59. The van der Waals surface area contributed by atoms with Gasteiger partial charge in [0.05, 0.1) is 17.8 Å². The van der Waals surface area contributed by atoms with Crippen LogP contribution in [0.2, 0.25) is 11.8 Å². The molecule has 178 valence electrons. The van der Waals surface area contributed by atoms with Crippen LogP contribution in [0.4, 0.5) is 10.2 Å². The van der Waals surface area contributed by atoms with Crippen molar-refractivity contribution in [3.8, 4) is 17.1 Å². The van der Waals surface area contributed by atoms with Crippen LogP contribution in [0.1, 0.15) is 32.6 Å². The summed E-state index contributed by atoms with van der Waals surface area (Å²) in [6.45, 7) is 3.90. The molecule has 1 N–H and O–H groups in total. The van der Waals surface area contributed by atoms with E-state index in [0.29, 0.717) is 34.4 Å². The molecule has 8 nitrogen and oxygen atoms in total. The number of ether oxygens (including phenoxy) is 2. The van der Waals surface area contributed by atoms with Crippen LogP contribution in [0.3, 0.4) is 0 Å². The van der Waals surface area contributed by atoms with E-state index in [1.807, 2.05) is 16.8 Å². The van der Waals surface area contributed by atoms with Gasteiger partial charge in [0.25, 0.3) is 0 Å². The fraction of sp³-hybridized carbons (Fsp3) is 0.591. The smallest absolute Gasteiger partial charge is 0.377 e. The van der Waals surface area contributed by atoms with Crippen LogP contribution in [0.5, 0.6) is 5.75 Å². The number of methoxy groups -OCH3 is 1. The number of alkyl halides is 1. The number of benzene rings is 1. The molecule has 33 heavy (non-hydrogen) atoms. The Kier molecular flexibility index (Phi) is 7.09. The van der Waals surface area contributed by atoms with Gasteiger partial charge in [-0.2, -0.15) is 0 Å². The third-order valence-electron chi connectivity index (χ3n) is 6.91. The zero-order chi connectivity index (χ0) is 23.8. The molecule has 0 saturated carbocycles. The first-order valence-electron chi connectivity index (χ1n) is 11.2. The summed E-state index contributed by atoms with van der Waals surface area (Å²) in [7, 11) is 2.68. The third kappa shape index (κ3) is 4.66. The fourth-order valence-electron chi connectivity index (χ4n) is 5.43. The van der Waals surface area contributed by atoms with Gasteiger partial charge in [0, 0.05) is 30.8 Å². The number of fused-ring (bicyclic) bond motifs is 2. The Morgan fingerprint density at radius 3 is 2.85 bits per heavy atom. The van der Waals surface area contributed by atoms with Gasteiger partial charge in [-0.1, -0.05) is 18.0 Å². The van der Waals surface area contributed by atoms with E-state index < -0.39 is 13.2 Å². The number of nitrogens with zero attached hydrogens (tertiary/aromatic N) is 5. The Morgan fingerprint density at radius 2 is 2.18 bits per heavy atom. The highest BCUT2D eigenvalue weighted by atomic mass is 35.5. The molecule has 2 fully saturated rings. The zero-order valence-electron chi connectivity index (χ0n) is 19.4. The lowest BCUT2D eigenvalue weighted by atomic mass is 9.64. The molecular weight excluding hydrogens is 448 g/mol. The summed E-state index contributed by atoms with van der Waals surface area (Å²) >= 11 is 6.09. The van der Waals surface area contributed by atoms with Crippen molar-refractivity contribution < 1.29 is 18.9 Å². The van der Waals surface area contributed by atoms with E-state index >= 15 is 4.39 Å². The standard InChI is InChI=1S/C22H30BClFN5O3/c1-22-9-5-6-16(30(22)23(2)31)20(25)17(11-22)29(3)19-12-26-21(28-27-19)15-8-7-14(24)10-18(15)33-13-32-4/h7-8,10,12,16-17,20,31H,5-6,9,11,13H2,1-4H3/t16?,17-,20+,22-/m0/s1. The molecule has 2 aromatic rings. The van der Waals surface area contributed by atoms with Gasteiger partial charge >= 0.3 is 7.05 Å². The van der Waals surface area contributed by atoms with Gasteiger partial charge in [0.15, 0.2) is 18.4 Å². The molecule has 2 bridgehead atoms. The van der Waals surface area contributed by atoms with Gasteiger partial charge < -0.3 is 24.2 Å². The van der Waals surface area contributed by atoms with Gasteiger partial charge in [-0.05, 0) is 51.2 Å². The van der Waals surface area contributed by atoms with Gasteiger partial charge in [-0.15, -0.1) is 10.2 Å². The molecule has 1 unspecified atom stereocenters. The van der Waals surface area contributed by atoms with Crippen LogP contribution < -0.4 is 9.64 Å². The summed E-state index contributed by atoms with van der Waals surface area (Å²) in [5.41, 5.74) is 0.366. The first-order chi connectivity index (χ1) is 15.7. The molecule has 0 spiro atoms. The predicted octanol–water partition coefficient (Wildman–Crippen LogP) is 3.44. The lowest BCUT2D eigenvalue weighted by Crippen LogP contribution is -2.71. The molecule has 3 heterocycles. The number of aromatic nitrogens is 3. The van der Waals surface area contributed by atoms with Crippen molar-refractivity contribution in [3.05, 3.63) is 29.4 Å². The molecule has 4 atom stereocenters. The van der Waals surface area contributed by atoms with Crippen molar-refractivity contribution >= 4 is 24.5 Å². The summed E-state index contributed by atoms with van der Waals surface area (Å²) in [5, 5.41) is 19.5. The average molecular weight is 478 g/mol. The van der Waals surface area contributed by atoms with Gasteiger partial charge in [-0.3, -0.25) is 0 Å². The SMILES string of the molecule is COCOc1cc(Cl)ccc1-c1ncc(N(C)[C@H]2C[C@]3(C)CCCC([C@H]2F)N3B(C)O)nn1. The second-order valence-electron chi connectivity index (χ2n) is 9.15. The number of hydrogen-bond acceptors (Lipinski definition) is 8. The Labute approximate surface area is 199 Å². The van der Waals surface area contributed by atoms with E-state index in [2.05, 4.69) is 22.1 Å². The van der Waals surface area contributed by atoms with Crippen molar-refractivity contribution in [1.29, 1.82) is 0 Å². The minimum absolute atomic E-state index is 0.0601. The van der Waals surface area contributed by atoms with E-state index in [1.54, 1.807) is 31.2 Å². The molecular formula is C22H30BClFN5O3. The van der Waals surface area contributed by atoms with E-state index in [9.17, 15) is 5.02 Å². The highest BCUT2D eigenvalue weighted by molar-refractivity contribution is 6.45. The summed E-state index contributed by atoms with van der Waals surface area (Å²) in [6.07, 6.45) is 3.69. The number of anilines is 1. The second kappa shape index (κ2) is 9.70. The predicted molar refractivity (Wildman–Crippen MR) is 126 cm³/mol. The first-order valence-corrected chi connectivity index (χ1v) is 11.6. The summed E-state index contributed by atoms with van der Waals surface area (Å²) in [6, 6.07) is 4.46. The Hall–Kier alpha value is -2.01. The van der Waals surface area contributed by atoms with E-state index in [0.717, 1.165) is 19.3 Å². The number of rotatable bonds is 7. The van der Waals surface area contributed by atoms with Crippen LogP contribution in [0.15, 0.2) is 24.4 Å². The van der Waals surface area contributed by atoms with Crippen LogP contribution in [-0.4, -0.2) is 76.8 Å².